The predicted octanol–water partition coefficient (Wildman–Crippen LogP) is 3.23. The number of rotatable bonds is 3. The third-order valence-corrected chi connectivity index (χ3v) is 5.12. The molecule has 0 bridgehead atoms. The lowest BCUT2D eigenvalue weighted by atomic mass is 9.91. The molecule has 1 aliphatic rings. The van der Waals surface area contributed by atoms with Crippen LogP contribution in [0.1, 0.15) is 40.5 Å². The number of ether oxygens (including phenoxy) is 1. The van der Waals surface area contributed by atoms with Crippen LogP contribution in [0.25, 0.3) is 10.9 Å². The molecule has 0 spiro atoms. The van der Waals surface area contributed by atoms with Crippen molar-refractivity contribution < 1.29 is 9.53 Å². The normalized spacial score (nSPS) is 15.7. The number of hydrogen-bond donors (Lipinski definition) is 2. The van der Waals surface area contributed by atoms with Gasteiger partial charge in [-0.1, -0.05) is 0 Å². The van der Waals surface area contributed by atoms with Crippen molar-refractivity contribution in [2.75, 3.05) is 20.2 Å². The number of carbonyl (C=O) groups excluding carboxylic acids is 1. The lowest BCUT2D eigenvalue weighted by molar-refractivity contribution is 0.0707. The van der Waals surface area contributed by atoms with Crippen LogP contribution in [0.15, 0.2) is 30.5 Å². The molecule has 0 unspecified atom stereocenters. The van der Waals surface area contributed by atoms with E-state index in [0.29, 0.717) is 11.6 Å². The lowest BCUT2D eigenvalue weighted by Gasteiger charge is -2.31. The first-order chi connectivity index (χ1) is 12.2. The van der Waals surface area contributed by atoms with Crippen LogP contribution in [0, 0.1) is 6.92 Å². The van der Waals surface area contributed by atoms with Crippen LogP contribution in [0.5, 0.6) is 5.75 Å². The van der Waals surface area contributed by atoms with E-state index >= 15 is 0 Å². The molecule has 130 valence electrons. The summed E-state index contributed by atoms with van der Waals surface area (Å²) >= 11 is 0. The number of likely N-dealkylation sites (tertiary alicyclic amines) is 1. The highest BCUT2D eigenvalue weighted by Crippen LogP contribution is 2.29. The number of nitrogens with one attached hydrogen (secondary N) is 2. The number of piperidine rings is 1. The van der Waals surface area contributed by atoms with Gasteiger partial charge in [-0.15, -0.1) is 0 Å². The van der Waals surface area contributed by atoms with Gasteiger partial charge in [0.2, 0.25) is 0 Å². The van der Waals surface area contributed by atoms with Gasteiger partial charge in [0, 0.05) is 35.6 Å². The van der Waals surface area contributed by atoms with E-state index in [4.69, 9.17) is 4.74 Å². The number of aromatic amines is 2. The molecule has 1 aromatic carbocycles. The van der Waals surface area contributed by atoms with E-state index in [1.165, 1.54) is 11.3 Å². The van der Waals surface area contributed by atoms with Crippen molar-refractivity contribution in [1.82, 2.24) is 20.1 Å². The Bertz CT molecular complexity index is 903. The summed E-state index contributed by atoms with van der Waals surface area (Å²) in [5.41, 5.74) is 4.01. The molecule has 25 heavy (non-hydrogen) atoms. The second-order valence-electron chi connectivity index (χ2n) is 6.67. The first-order valence-corrected chi connectivity index (χ1v) is 8.61. The van der Waals surface area contributed by atoms with E-state index < -0.39 is 0 Å². The maximum Gasteiger partial charge on any atom is 0.270 e. The topological polar surface area (TPSA) is 74.0 Å². The molecule has 2 N–H and O–H groups in total. The van der Waals surface area contributed by atoms with Crippen molar-refractivity contribution in [3.8, 4) is 5.75 Å². The Balaban J connectivity index is 1.48. The van der Waals surface area contributed by atoms with Crippen LogP contribution in [0.4, 0.5) is 0 Å². The third kappa shape index (κ3) is 2.88. The molecule has 2 aromatic heterocycles. The number of carbonyl (C=O) groups is 1. The van der Waals surface area contributed by atoms with E-state index in [9.17, 15) is 4.79 Å². The fraction of sp³-hybridized carbons (Fsp3) is 0.368. The van der Waals surface area contributed by atoms with Crippen molar-refractivity contribution in [1.29, 1.82) is 0 Å². The zero-order valence-corrected chi connectivity index (χ0v) is 14.5. The Kier molecular flexibility index (Phi) is 3.95. The summed E-state index contributed by atoms with van der Waals surface area (Å²) in [5, 5.41) is 8.22. The standard InChI is InChI=1S/C19H22N4O2/c1-12-11-20-22-18(12)13-5-7-23(8-6-13)19(24)17-10-14-9-15(25-2)3-4-16(14)21-17/h3-4,9-11,13,21H,5-8H2,1-2H3,(H,20,22). The van der Waals surface area contributed by atoms with Gasteiger partial charge in [-0.25, -0.2) is 0 Å². The van der Waals surface area contributed by atoms with E-state index in [-0.39, 0.29) is 5.91 Å². The van der Waals surface area contributed by atoms with Gasteiger partial charge >= 0.3 is 0 Å². The number of amides is 1. The number of aromatic nitrogens is 3. The molecule has 3 heterocycles. The fourth-order valence-corrected chi connectivity index (χ4v) is 3.66. The minimum Gasteiger partial charge on any atom is -0.497 e. The van der Waals surface area contributed by atoms with Crippen molar-refractivity contribution in [2.45, 2.75) is 25.7 Å². The SMILES string of the molecule is COc1ccc2[nH]c(C(=O)N3CCC(c4[nH]ncc4C)CC3)cc2c1. The van der Waals surface area contributed by atoms with Crippen molar-refractivity contribution in [3.05, 3.63) is 47.4 Å². The first kappa shape index (κ1) is 15.7. The summed E-state index contributed by atoms with van der Waals surface area (Å²) in [5.74, 6) is 1.31. The monoisotopic (exact) mass is 338 g/mol. The van der Waals surface area contributed by atoms with Crippen molar-refractivity contribution in [3.63, 3.8) is 0 Å². The quantitative estimate of drug-likeness (QED) is 0.770. The Hall–Kier alpha value is -2.76. The van der Waals surface area contributed by atoms with E-state index in [1.807, 2.05) is 35.4 Å². The van der Waals surface area contributed by atoms with Gasteiger partial charge in [0.05, 0.1) is 13.3 Å². The molecule has 6 heteroatoms. The second kappa shape index (κ2) is 6.27. The summed E-state index contributed by atoms with van der Waals surface area (Å²) in [7, 11) is 1.64. The zero-order valence-electron chi connectivity index (χ0n) is 14.5. The van der Waals surface area contributed by atoms with Gasteiger partial charge < -0.3 is 14.6 Å². The van der Waals surface area contributed by atoms with Crippen LogP contribution < -0.4 is 4.74 Å². The number of aryl methyl sites for hydroxylation is 1. The molecule has 0 saturated carbocycles. The van der Waals surface area contributed by atoms with E-state index in [1.54, 1.807) is 7.11 Å². The predicted molar refractivity (Wildman–Crippen MR) is 96.1 cm³/mol. The Labute approximate surface area is 146 Å². The van der Waals surface area contributed by atoms with Crippen LogP contribution >= 0.6 is 0 Å². The van der Waals surface area contributed by atoms with Gasteiger partial charge in [0.15, 0.2) is 0 Å². The van der Waals surface area contributed by atoms with Gasteiger partial charge in [-0.2, -0.15) is 5.10 Å². The molecule has 0 atom stereocenters. The highest BCUT2D eigenvalue weighted by molar-refractivity contribution is 5.98. The molecule has 0 radical (unpaired) electrons. The maximum absolute atomic E-state index is 12.8. The fourth-order valence-electron chi connectivity index (χ4n) is 3.66. The number of nitrogens with zero attached hydrogens (tertiary/aromatic N) is 2. The van der Waals surface area contributed by atoms with Crippen LogP contribution in [0.3, 0.4) is 0 Å². The number of benzene rings is 1. The lowest BCUT2D eigenvalue weighted by Crippen LogP contribution is -2.38. The maximum atomic E-state index is 12.8. The molecule has 1 fully saturated rings. The molecule has 4 rings (SSSR count). The molecule has 1 aliphatic heterocycles. The zero-order chi connectivity index (χ0) is 17.4. The highest BCUT2D eigenvalue weighted by atomic mass is 16.5. The molecule has 6 nitrogen and oxygen atoms in total. The molecule has 3 aromatic rings. The van der Waals surface area contributed by atoms with Crippen LogP contribution in [-0.4, -0.2) is 46.2 Å². The Morgan fingerprint density at radius 2 is 2.08 bits per heavy atom. The van der Waals surface area contributed by atoms with Gasteiger partial charge in [-0.05, 0) is 49.6 Å². The summed E-state index contributed by atoms with van der Waals surface area (Å²) in [6, 6.07) is 7.69. The Morgan fingerprint density at radius 1 is 1.28 bits per heavy atom. The third-order valence-electron chi connectivity index (χ3n) is 5.12. The number of H-pyrrole nitrogens is 2. The molecule has 1 saturated heterocycles. The van der Waals surface area contributed by atoms with Gasteiger partial charge in [0.25, 0.3) is 5.91 Å². The minimum absolute atomic E-state index is 0.0648. The average Bonchev–Trinajstić information content (AvgIpc) is 3.26. The largest absolute Gasteiger partial charge is 0.497 e. The Morgan fingerprint density at radius 3 is 2.76 bits per heavy atom. The van der Waals surface area contributed by atoms with Gasteiger partial charge in [-0.3, -0.25) is 9.89 Å². The number of fused-ring (bicyclic) bond motifs is 1. The first-order valence-electron chi connectivity index (χ1n) is 8.61. The van der Waals surface area contributed by atoms with Crippen LogP contribution in [-0.2, 0) is 0 Å². The summed E-state index contributed by atoms with van der Waals surface area (Å²) in [4.78, 5) is 18.0. The summed E-state index contributed by atoms with van der Waals surface area (Å²) in [6.07, 6.45) is 3.79. The van der Waals surface area contributed by atoms with Crippen LogP contribution in [0.2, 0.25) is 0 Å². The number of methoxy groups -OCH3 is 1. The van der Waals surface area contributed by atoms with Crippen molar-refractivity contribution >= 4 is 16.8 Å². The van der Waals surface area contributed by atoms with Gasteiger partial charge in [0.1, 0.15) is 11.4 Å². The molecule has 1 amide bonds. The number of hydrogen-bond acceptors (Lipinski definition) is 3. The summed E-state index contributed by atoms with van der Waals surface area (Å²) < 4.78 is 5.25. The minimum atomic E-state index is 0.0648. The average molecular weight is 338 g/mol. The second-order valence-corrected chi connectivity index (χ2v) is 6.67. The summed E-state index contributed by atoms with van der Waals surface area (Å²) in [6.45, 7) is 3.61. The van der Waals surface area contributed by atoms with E-state index in [0.717, 1.165) is 42.6 Å². The molecular formula is C19H22N4O2. The molecular weight excluding hydrogens is 316 g/mol. The van der Waals surface area contributed by atoms with Crippen molar-refractivity contribution in [2.24, 2.45) is 0 Å². The highest BCUT2D eigenvalue weighted by Gasteiger charge is 2.27. The van der Waals surface area contributed by atoms with E-state index in [2.05, 4.69) is 22.1 Å². The smallest absolute Gasteiger partial charge is 0.270 e. The molecule has 0 aliphatic carbocycles.